The van der Waals surface area contributed by atoms with Gasteiger partial charge in [0.1, 0.15) is 12.7 Å². The molecule has 2 aromatic heterocycles. The number of aromatic amines is 3. The van der Waals surface area contributed by atoms with Crippen molar-refractivity contribution in [3.8, 4) is 0 Å². The van der Waals surface area contributed by atoms with Gasteiger partial charge in [-0.25, -0.2) is 34.1 Å². The van der Waals surface area contributed by atoms with Crippen LogP contribution in [0.25, 0.3) is 0 Å². The molecule has 0 fully saturated rings. The lowest BCUT2D eigenvalue weighted by molar-refractivity contribution is -0.144. The average molecular weight is 322 g/mol. The molecule has 0 aromatic carbocycles. The predicted octanol–water partition coefficient (Wildman–Crippen LogP) is -1.20. The van der Waals surface area contributed by atoms with E-state index in [9.17, 15) is 19.2 Å². The lowest BCUT2D eigenvalue weighted by atomic mass is 10.3. The van der Waals surface area contributed by atoms with Crippen LogP contribution in [0, 0.1) is 0 Å². The molecule has 0 aliphatic carbocycles. The highest BCUT2D eigenvalue weighted by Gasteiger charge is 2.13. The Kier molecular flexibility index (Phi) is 6.28. The molecule has 3 N–H and O–H groups in total. The van der Waals surface area contributed by atoms with E-state index in [1.807, 2.05) is 0 Å². The molecule has 2 aromatic rings. The van der Waals surface area contributed by atoms with Crippen LogP contribution in [0.15, 0.2) is 39.2 Å². The Bertz CT molecular complexity index is 759. The summed E-state index contributed by atoms with van der Waals surface area (Å²) in [4.78, 5) is 58.4. The monoisotopic (exact) mass is 322 g/mol. The first-order chi connectivity index (χ1) is 10.8. The molecule has 0 amide bonds. The molecule has 0 saturated heterocycles. The molecule has 0 radical (unpaired) electrons. The van der Waals surface area contributed by atoms with E-state index in [2.05, 4.69) is 21.5 Å². The van der Waals surface area contributed by atoms with Crippen molar-refractivity contribution in [2.24, 2.45) is 0 Å². The van der Waals surface area contributed by atoms with Gasteiger partial charge in [0.15, 0.2) is 11.9 Å². The van der Waals surface area contributed by atoms with E-state index in [1.165, 1.54) is 12.7 Å². The fourth-order valence-corrected chi connectivity index (χ4v) is 1.17. The van der Waals surface area contributed by atoms with Crippen LogP contribution >= 0.6 is 0 Å². The molecule has 23 heavy (non-hydrogen) atoms. The van der Waals surface area contributed by atoms with Gasteiger partial charge in [0, 0.05) is 5.57 Å². The van der Waals surface area contributed by atoms with Crippen LogP contribution in [-0.4, -0.2) is 35.9 Å². The maximum absolute atomic E-state index is 11.1. The summed E-state index contributed by atoms with van der Waals surface area (Å²) in [7, 11) is 0. The number of H-pyrrole nitrogens is 3. The average Bonchev–Trinajstić information content (AvgIpc) is 2.47. The van der Waals surface area contributed by atoms with Gasteiger partial charge in [0.05, 0.1) is 0 Å². The van der Waals surface area contributed by atoms with Gasteiger partial charge in [-0.15, -0.1) is 0 Å². The summed E-state index contributed by atoms with van der Waals surface area (Å²) in [6.45, 7) is 6.75. The van der Waals surface area contributed by atoms with E-state index >= 15 is 0 Å². The minimum Gasteiger partial charge on any atom is -0.451 e. The van der Waals surface area contributed by atoms with Gasteiger partial charge in [0.2, 0.25) is 0 Å². The second kappa shape index (κ2) is 8.17. The number of carbonyl (C=O) groups is 1. The molecule has 1 unspecified atom stereocenters. The third-order valence-electron chi connectivity index (χ3n) is 2.19. The summed E-state index contributed by atoms with van der Waals surface area (Å²) in [6, 6.07) is 0. The Labute approximate surface area is 128 Å². The third-order valence-corrected chi connectivity index (χ3v) is 2.19. The maximum Gasteiger partial charge on any atom is 0.333 e. The number of carbonyl (C=O) groups excluding carboxylic acids is 1. The number of hydrogen-bond donors (Lipinski definition) is 3. The molecule has 2 heterocycles. The van der Waals surface area contributed by atoms with Gasteiger partial charge in [-0.3, -0.25) is 15.0 Å². The van der Waals surface area contributed by atoms with Crippen molar-refractivity contribution in [2.75, 3.05) is 0 Å². The molecular formula is C12H14N6O5. The molecule has 0 bridgehead atoms. The van der Waals surface area contributed by atoms with Crippen LogP contribution in [0.2, 0.25) is 0 Å². The number of rotatable bonds is 3. The van der Waals surface area contributed by atoms with Crippen molar-refractivity contribution in [2.45, 2.75) is 20.0 Å². The Morgan fingerprint density at radius 2 is 1.52 bits per heavy atom. The first kappa shape index (κ1) is 17.7. The van der Waals surface area contributed by atoms with E-state index in [0.29, 0.717) is 11.4 Å². The lowest BCUT2D eigenvalue weighted by Gasteiger charge is -2.10. The van der Waals surface area contributed by atoms with Crippen LogP contribution in [0.1, 0.15) is 25.8 Å². The SMILES string of the molecule is C=C(C)C(=O)OC(C)c1ncncn1.O=c1[nH]c(=O)[nH]c(=O)[nH]1. The topological polar surface area (TPSA) is 164 Å². The Morgan fingerprint density at radius 1 is 1.09 bits per heavy atom. The highest BCUT2D eigenvalue weighted by Crippen LogP contribution is 2.11. The van der Waals surface area contributed by atoms with Crippen LogP contribution in [0.3, 0.4) is 0 Å². The number of nitrogens with one attached hydrogen (secondary N) is 3. The fraction of sp³-hybridized carbons (Fsp3) is 0.250. The molecule has 0 saturated carbocycles. The molecule has 0 aliphatic rings. The van der Waals surface area contributed by atoms with Crippen molar-refractivity contribution in [3.63, 3.8) is 0 Å². The Morgan fingerprint density at radius 3 is 1.91 bits per heavy atom. The fourth-order valence-electron chi connectivity index (χ4n) is 1.17. The predicted molar refractivity (Wildman–Crippen MR) is 77.5 cm³/mol. The van der Waals surface area contributed by atoms with E-state index in [0.717, 1.165) is 0 Å². The van der Waals surface area contributed by atoms with E-state index in [-0.39, 0.29) is 0 Å². The van der Waals surface area contributed by atoms with Gasteiger partial charge in [-0.1, -0.05) is 6.58 Å². The van der Waals surface area contributed by atoms with Crippen LogP contribution in [0.4, 0.5) is 0 Å². The Hall–Kier alpha value is -3.37. The number of ether oxygens (including phenoxy) is 1. The number of nitrogens with zero attached hydrogens (tertiary/aromatic N) is 3. The third kappa shape index (κ3) is 6.29. The zero-order valence-corrected chi connectivity index (χ0v) is 12.3. The van der Waals surface area contributed by atoms with Crippen molar-refractivity contribution >= 4 is 5.97 Å². The lowest BCUT2D eigenvalue weighted by Crippen LogP contribution is -2.34. The molecule has 11 heteroatoms. The summed E-state index contributed by atoms with van der Waals surface area (Å²) in [6.07, 6.45) is 2.23. The van der Waals surface area contributed by atoms with Gasteiger partial charge in [0.25, 0.3) is 0 Å². The summed E-state index contributed by atoms with van der Waals surface area (Å²) in [5.74, 6) is -0.0208. The minimum atomic E-state index is -0.802. The quantitative estimate of drug-likeness (QED) is 0.468. The zero-order valence-electron chi connectivity index (χ0n) is 12.3. The largest absolute Gasteiger partial charge is 0.451 e. The smallest absolute Gasteiger partial charge is 0.333 e. The second-order valence-electron chi connectivity index (χ2n) is 4.19. The minimum absolute atomic E-state index is 0.353. The molecule has 1 atom stereocenters. The van der Waals surface area contributed by atoms with Crippen molar-refractivity contribution in [1.29, 1.82) is 0 Å². The van der Waals surface area contributed by atoms with Crippen LogP contribution in [-0.2, 0) is 9.53 Å². The van der Waals surface area contributed by atoms with Gasteiger partial charge < -0.3 is 4.74 Å². The van der Waals surface area contributed by atoms with E-state index < -0.39 is 29.1 Å². The second-order valence-corrected chi connectivity index (χ2v) is 4.19. The van der Waals surface area contributed by atoms with E-state index in [4.69, 9.17) is 4.74 Å². The van der Waals surface area contributed by atoms with Gasteiger partial charge in [-0.05, 0) is 13.8 Å². The van der Waals surface area contributed by atoms with Crippen molar-refractivity contribution < 1.29 is 9.53 Å². The number of esters is 1. The van der Waals surface area contributed by atoms with Gasteiger partial charge >= 0.3 is 23.0 Å². The molecule has 0 spiro atoms. The van der Waals surface area contributed by atoms with Gasteiger partial charge in [-0.2, -0.15) is 0 Å². The zero-order chi connectivity index (χ0) is 17.4. The molecule has 0 aliphatic heterocycles. The summed E-state index contributed by atoms with van der Waals surface area (Å²) in [5.41, 5.74) is -2.05. The van der Waals surface area contributed by atoms with Crippen LogP contribution < -0.4 is 17.1 Å². The summed E-state index contributed by atoms with van der Waals surface area (Å²) >= 11 is 0. The normalized spacial score (nSPS) is 10.9. The van der Waals surface area contributed by atoms with Crippen molar-refractivity contribution in [3.05, 3.63) is 62.1 Å². The van der Waals surface area contributed by atoms with E-state index in [1.54, 1.807) is 28.8 Å². The molecule has 122 valence electrons. The molecule has 11 nitrogen and oxygen atoms in total. The summed E-state index contributed by atoms with van der Waals surface area (Å²) < 4.78 is 5.01. The highest BCUT2D eigenvalue weighted by atomic mass is 16.5. The highest BCUT2D eigenvalue weighted by molar-refractivity contribution is 5.87. The Balaban J connectivity index is 0.000000253. The first-order valence-electron chi connectivity index (χ1n) is 6.21. The maximum atomic E-state index is 11.1. The molecule has 2 rings (SSSR count). The standard InChI is InChI=1S/C9H11N3O2.C3H3N3O3/c1-6(2)9(13)14-7(3)8-11-4-10-5-12-8;7-1-4-2(8)6-3(9)5-1/h4-5,7H,1H2,2-3H3;(H3,4,5,6,7,8,9). The molecular weight excluding hydrogens is 308 g/mol. The summed E-state index contributed by atoms with van der Waals surface area (Å²) in [5, 5.41) is 0. The van der Waals surface area contributed by atoms with Crippen LogP contribution in [0.5, 0.6) is 0 Å². The number of aromatic nitrogens is 6. The van der Waals surface area contributed by atoms with Crippen molar-refractivity contribution in [1.82, 2.24) is 29.9 Å². The first-order valence-corrected chi connectivity index (χ1v) is 6.21. The number of hydrogen-bond acceptors (Lipinski definition) is 8.